The van der Waals surface area contributed by atoms with Gasteiger partial charge >= 0.3 is 0 Å². The van der Waals surface area contributed by atoms with Crippen LogP contribution >= 0.6 is 0 Å². The first-order valence-electron chi connectivity index (χ1n) is 4.78. The minimum absolute atomic E-state index is 0.0454. The number of pyridine rings is 1. The first-order chi connectivity index (χ1) is 7.00. The molecule has 15 heavy (non-hydrogen) atoms. The second kappa shape index (κ2) is 4.68. The monoisotopic (exact) mass is 206 g/mol. The van der Waals surface area contributed by atoms with E-state index < -0.39 is 0 Å². The molecule has 0 fully saturated rings. The zero-order valence-corrected chi connectivity index (χ0v) is 9.07. The van der Waals surface area contributed by atoms with Crippen LogP contribution in [0.15, 0.2) is 18.3 Å². The number of carbonyl (C=O) groups excluding carboxylic acids is 2. The number of nitrogens with one attached hydrogen (secondary N) is 1. The normalized spacial score (nSPS) is 10.1. The SMILES string of the molecule is CC(=O)Nc1cc(C(=O)C(C)C)ccn1. The summed E-state index contributed by atoms with van der Waals surface area (Å²) in [5.41, 5.74) is 0.573. The highest BCUT2D eigenvalue weighted by Crippen LogP contribution is 2.11. The second-order valence-electron chi connectivity index (χ2n) is 3.63. The molecule has 1 amide bonds. The Labute approximate surface area is 88.7 Å². The zero-order chi connectivity index (χ0) is 11.4. The Bertz CT molecular complexity index is 386. The molecule has 0 aliphatic rings. The Balaban J connectivity index is 2.92. The molecule has 4 nitrogen and oxygen atoms in total. The molecular formula is C11H14N2O2. The van der Waals surface area contributed by atoms with Crippen LogP contribution in [0.4, 0.5) is 5.82 Å². The maximum absolute atomic E-state index is 11.6. The van der Waals surface area contributed by atoms with E-state index in [-0.39, 0.29) is 17.6 Å². The summed E-state index contributed by atoms with van der Waals surface area (Å²) in [6.45, 7) is 5.07. The lowest BCUT2D eigenvalue weighted by atomic mass is 10.0. The highest BCUT2D eigenvalue weighted by Gasteiger charge is 2.11. The molecule has 0 aliphatic heterocycles. The topological polar surface area (TPSA) is 59.1 Å². The standard InChI is InChI=1S/C11H14N2O2/c1-7(2)11(15)9-4-5-12-10(6-9)13-8(3)14/h4-7H,1-3H3,(H,12,13,14). The molecule has 1 rings (SSSR count). The van der Waals surface area contributed by atoms with Gasteiger partial charge in [-0.15, -0.1) is 0 Å². The Kier molecular flexibility index (Phi) is 3.55. The van der Waals surface area contributed by atoms with Crippen LogP contribution in [-0.4, -0.2) is 16.7 Å². The van der Waals surface area contributed by atoms with Crippen LogP contribution in [0.2, 0.25) is 0 Å². The van der Waals surface area contributed by atoms with Gasteiger partial charge in [0.1, 0.15) is 5.82 Å². The summed E-state index contributed by atoms with van der Waals surface area (Å²) in [5, 5.41) is 2.54. The number of aromatic nitrogens is 1. The number of hydrogen-bond donors (Lipinski definition) is 1. The number of carbonyl (C=O) groups is 2. The minimum atomic E-state index is -0.198. The average molecular weight is 206 g/mol. The molecule has 80 valence electrons. The fraction of sp³-hybridized carbons (Fsp3) is 0.364. The van der Waals surface area contributed by atoms with Crippen LogP contribution in [0.25, 0.3) is 0 Å². The number of hydrogen-bond acceptors (Lipinski definition) is 3. The van der Waals surface area contributed by atoms with E-state index in [2.05, 4.69) is 10.3 Å². The number of ketones is 1. The Hall–Kier alpha value is -1.71. The number of rotatable bonds is 3. The summed E-state index contributed by atoms with van der Waals surface area (Å²) >= 11 is 0. The van der Waals surface area contributed by atoms with E-state index in [1.54, 1.807) is 12.1 Å². The fourth-order valence-electron chi connectivity index (χ4n) is 1.17. The van der Waals surface area contributed by atoms with Crippen molar-refractivity contribution in [3.8, 4) is 0 Å². The molecule has 0 spiro atoms. The minimum Gasteiger partial charge on any atom is -0.311 e. The van der Waals surface area contributed by atoms with Gasteiger partial charge < -0.3 is 5.32 Å². The molecule has 0 saturated carbocycles. The summed E-state index contributed by atoms with van der Waals surface area (Å²) < 4.78 is 0. The maximum Gasteiger partial charge on any atom is 0.222 e. The van der Waals surface area contributed by atoms with Crippen molar-refractivity contribution in [2.45, 2.75) is 20.8 Å². The number of anilines is 1. The molecule has 0 aliphatic carbocycles. The van der Waals surface area contributed by atoms with Gasteiger partial charge in [0.05, 0.1) is 0 Å². The van der Waals surface area contributed by atoms with E-state index in [1.165, 1.54) is 13.1 Å². The van der Waals surface area contributed by atoms with E-state index in [4.69, 9.17) is 0 Å². The highest BCUT2D eigenvalue weighted by atomic mass is 16.1. The van der Waals surface area contributed by atoms with Gasteiger partial charge in [0.25, 0.3) is 0 Å². The third-order valence-corrected chi connectivity index (χ3v) is 1.87. The van der Waals surface area contributed by atoms with E-state index in [0.29, 0.717) is 11.4 Å². The van der Waals surface area contributed by atoms with Crippen molar-refractivity contribution in [1.82, 2.24) is 4.98 Å². The Morgan fingerprint density at radius 2 is 2.07 bits per heavy atom. The van der Waals surface area contributed by atoms with Crippen molar-refractivity contribution in [3.63, 3.8) is 0 Å². The van der Waals surface area contributed by atoms with Gasteiger partial charge in [-0.05, 0) is 12.1 Å². The van der Waals surface area contributed by atoms with Crippen LogP contribution in [0.5, 0.6) is 0 Å². The summed E-state index contributed by atoms with van der Waals surface area (Å²) in [5.74, 6) is 0.201. The summed E-state index contributed by atoms with van der Waals surface area (Å²) in [6.07, 6.45) is 1.51. The van der Waals surface area contributed by atoms with Crippen LogP contribution in [0.3, 0.4) is 0 Å². The van der Waals surface area contributed by atoms with E-state index in [9.17, 15) is 9.59 Å². The van der Waals surface area contributed by atoms with E-state index >= 15 is 0 Å². The summed E-state index contributed by atoms with van der Waals surface area (Å²) in [6, 6.07) is 3.23. The molecule has 0 radical (unpaired) electrons. The first-order valence-corrected chi connectivity index (χ1v) is 4.78. The maximum atomic E-state index is 11.6. The van der Waals surface area contributed by atoms with Crippen molar-refractivity contribution in [1.29, 1.82) is 0 Å². The molecule has 0 bridgehead atoms. The predicted octanol–water partition coefficient (Wildman–Crippen LogP) is 1.88. The molecular weight excluding hydrogens is 192 g/mol. The van der Waals surface area contributed by atoms with Gasteiger partial charge in [-0.2, -0.15) is 0 Å². The van der Waals surface area contributed by atoms with Crippen LogP contribution < -0.4 is 5.32 Å². The molecule has 0 saturated heterocycles. The summed E-state index contributed by atoms with van der Waals surface area (Å²) in [4.78, 5) is 26.4. The van der Waals surface area contributed by atoms with E-state index in [0.717, 1.165) is 0 Å². The Morgan fingerprint density at radius 1 is 1.40 bits per heavy atom. The van der Waals surface area contributed by atoms with Gasteiger partial charge in [0, 0.05) is 24.6 Å². The van der Waals surface area contributed by atoms with Gasteiger partial charge in [-0.1, -0.05) is 13.8 Å². The molecule has 1 heterocycles. The van der Waals surface area contributed by atoms with Crippen molar-refractivity contribution in [2.75, 3.05) is 5.32 Å². The van der Waals surface area contributed by atoms with Crippen molar-refractivity contribution in [3.05, 3.63) is 23.9 Å². The molecule has 0 atom stereocenters. The van der Waals surface area contributed by atoms with Crippen molar-refractivity contribution in [2.24, 2.45) is 5.92 Å². The third-order valence-electron chi connectivity index (χ3n) is 1.87. The Morgan fingerprint density at radius 3 is 2.60 bits per heavy atom. The second-order valence-corrected chi connectivity index (χ2v) is 3.63. The van der Waals surface area contributed by atoms with Crippen molar-refractivity contribution < 1.29 is 9.59 Å². The predicted molar refractivity (Wildman–Crippen MR) is 57.7 cm³/mol. The lowest BCUT2D eigenvalue weighted by Crippen LogP contribution is -2.11. The lowest BCUT2D eigenvalue weighted by Gasteiger charge is -2.06. The zero-order valence-electron chi connectivity index (χ0n) is 9.07. The van der Waals surface area contributed by atoms with Gasteiger partial charge in [0.15, 0.2) is 5.78 Å². The average Bonchev–Trinajstić information content (AvgIpc) is 2.16. The fourth-order valence-corrected chi connectivity index (χ4v) is 1.17. The molecule has 1 N–H and O–H groups in total. The largest absolute Gasteiger partial charge is 0.311 e. The molecule has 1 aromatic heterocycles. The molecule has 4 heteroatoms. The van der Waals surface area contributed by atoms with Gasteiger partial charge in [-0.25, -0.2) is 4.98 Å². The first kappa shape index (κ1) is 11.4. The highest BCUT2D eigenvalue weighted by molar-refractivity contribution is 5.98. The van der Waals surface area contributed by atoms with E-state index in [1.807, 2.05) is 13.8 Å². The third kappa shape index (κ3) is 3.16. The molecule has 0 unspecified atom stereocenters. The van der Waals surface area contributed by atoms with Crippen LogP contribution in [0, 0.1) is 5.92 Å². The van der Waals surface area contributed by atoms with Gasteiger partial charge in [0.2, 0.25) is 5.91 Å². The quantitative estimate of drug-likeness (QED) is 0.768. The number of Topliss-reactive ketones (excluding diaryl/α,β-unsaturated/α-hetero) is 1. The lowest BCUT2D eigenvalue weighted by molar-refractivity contribution is -0.114. The van der Waals surface area contributed by atoms with Gasteiger partial charge in [-0.3, -0.25) is 9.59 Å². The number of nitrogens with zero attached hydrogens (tertiary/aromatic N) is 1. The molecule has 0 aromatic carbocycles. The van der Waals surface area contributed by atoms with Crippen LogP contribution in [-0.2, 0) is 4.79 Å². The van der Waals surface area contributed by atoms with Crippen LogP contribution in [0.1, 0.15) is 31.1 Å². The number of amides is 1. The summed E-state index contributed by atoms with van der Waals surface area (Å²) in [7, 11) is 0. The molecule has 1 aromatic rings. The smallest absolute Gasteiger partial charge is 0.222 e. The van der Waals surface area contributed by atoms with Crippen molar-refractivity contribution >= 4 is 17.5 Å².